The van der Waals surface area contributed by atoms with Crippen LogP contribution in [0.5, 0.6) is 0 Å². The SMILES string of the molecule is Cc1ccc(-c2ccc3sc4ccccc4c3c2)cc1.Cc1ccc(-c2cccc3c2oc2ccccc23)cc1.Cc1cccc(-c2ccc3oc4ccccc4c3c2)c1.Cc1cccc(-c2cccc3c2oc2ccccc23)c1.Cc1ccccc1-c1ccc2oc3ccccc3c2c1.Cc1ccccc1-c1cccc2c1oc1ccccc12. The van der Waals surface area contributed by atoms with E-state index in [1.165, 1.54) is 157 Å². The van der Waals surface area contributed by atoms with E-state index in [0.717, 1.165) is 72.5 Å². The molecule has 0 aliphatic rings. The number of furan rings is 5. The van der Waals surface area contributed by atoms with Gasteiger partial charge in [0.1, 0.15) is 55.8 Å². The standard InChI is InChI=1S/5C19H14O.C19H14S/c1-13-6-4-7-14(12-13)15-9-5-10-17-16-8-2-3-11-18(16)20-19(15)17;1-13-7-2-3-8-14(13)16-10-6-11-17-15-9-4-5-12-18(15)20-19(16)17;1-13-5-4-6-14(11-13)15-9-10-19-17(12-15)16-7-2-3-8-18(16)20-19;1-13-6-2-3-7-15(13)14-10-11-19-17(12-14)16-8-4-5-9-18(16)20-19;1-13-9-11-14(12-10-13)15-6-4-7-17-16-5-2-3-8-18(16)20-19(15)17;1-13-6-8-14(9-7-13)15-10-11-19-17(12-15)16-4-2-3-5-18(16)20-19/h6*2-12H,1H3. The second-order valence-corrected chi connectivity index (χ2v) is 32.0. The van der Waals surface area contributed by atoms with Crippen LogP contribution in [0.3, 0.4) is 0 Å². The first kappa shape index (κ1) is 75.2. The minimum absolute atomic E-state index is 0.946. The molecular formula is C114H84O5S. The Morgan fingerprint density at radius 1 is 0.158 bits per heavy atom. The first-order valence-corrected chi connectivity index (χ1v) is 41.6. The first-order valence-electron chi connectivity index (χ1n) is 40.8. The van der Waals surface area contributed by atoms with Gasteiger partial charge in [0.25, 0.3) is 0 Å². The second kappa shape index (κ2) is 33.1. The van der Waals surface area contributed by atoms with Crippen molar-refractivity contribution >= 4 is 141 Å². The molecule has 0 aliphatic carbocycles. The average molecular weight is 1570 g/mol. The lowest BCUT2D eigenvalue weighted by Gasteiger charge is -2.06. The van der Waals surface area contributed by atoms with Crippen molar-refractivity contribution < 1.29 is 22.1 Å². The van der Waals surface area contributed by atoms with Gasteiger partial charge in [0, 0.05) is 90.7 Å². The fourth-order valence-corrected chi connectivity index (χ4v) is 17.6. The molecule has 0 bridgehead atoms. The molecule has 6 heteroatoms. The van der Waals surface area contributed by atoms with E-state index in [-0.39, 0.29) is 0 Å². The Hall–Kier alpha value is -14.8. The van der Waals surface area contributed by atoms with Crippen molar-refractivity contribution in [2.75, 3.05) is 0 Å². The van der Waals surface area contributed by atoms with E-state index in [0.29, 0.717) is 0 Å². The van der Waals surface area contributed by atoms with Gasteiger partial charge >= 0.3 is 0 Å². The highest BCUT2D eigenvalue weighted by Gasteiger charge is 2.18. The number of para-hydroxylation sites is 8. The Labute approximate surface area is 700 Å². The van der Waals surface area contributed by atoms with Gasteiger partial charge in [-0.15, -0.1) is 11.3 Å². The Balaban J connectivity index is 0.0000000952. The third-order valence-electron chi connectivity index (χ3n) is 22.7. The minimum Gasteiger partial charge on any atom is -0.456 e. The van der Waals surface area contributed by atoms with Crippen LogP contribution in [0.25, 0.3) is 197 Å². The topological polar surface area (TPSA) is 65.7 Å². The van der Waals surface area contributed by atoms with Crippen molar-refractivity contribution in [2.24, 2.45) is 0 Å². The number of rotatable bonds is 6. The number of thiophene rings is 1. The molecule has 0 fully saturated rings. The number of hydrogen-bond acceptors (Lipinski definition) is 6. The first-order chi connectivity index (χ1) is 58.9. The number of fused-ring (bicyclic) bond motifs is 18. The molecule has 0 spiro atoms. The molecule has 0 radical (unpaired) electrons. The zero-order valence-corrected chi connectivity index (χ0v) is 68.4. The third-order valence-corrected chi connectivity index (χ3v) is 23.8. The van der Waals surface area contributed by atoms with Crippen LogP contribution < -0.4 is 0 Å². The van der Waals surface area contributed by atoms with Crippen molar-refractivity contribution in [2.45, 2.75) is 41.5 Å². The summed E-state index contributed by atoms with van der Waals surface area (Å²) < 4.78 is 32.7. The quantitative estimate of drug-likeness (QED) is 0.166. The number of benzene rings is 18. The smallest absolute Gasteiger partial charge is 0.143 e. The van der Waals surface area contributed by atoms with Gasteiger partial charge in [-0.05, 0) is 176 Å². The van der Waals surface area contributed by atoms with E-state index in [4.69, 9.17) is 22.1 Å². The maximum atomic E-state index is 6.09. The van der Waals surface area contributed by atoms with Crippen LogP contribution in [-0.2, 0) is 0 Å². The second-order valence-electron chi connectivity index (χ2n) is 30.9. The molecule has 120 heavy (non-hydrogen) atoms. The molecule has 6 aromatic heterocycles. The Kier molecular flexibility index (Phi) is 20.7. The van der Waals surface area contributed by atoms with Crippen molar-refractivity contribution in [3.8, 4) is 66.8 Å². The van der Waals surface area contributed by atoms with E-state index < -0.39 is 0 Å². The molecule has 0 aliphatic heterocycles. The average Bonchev–Trinajstić information content (AvgIpc) is 1.66. The molecule has 0 unspecified atom stereocenters. The van der Waals surface area contributed by atoms with E-state index in [1.807, 2.05) is 72.0 Å². The van der Waals surface area contributed by atoms with Gasteiger partial charge < -0.3 is 22.1 Å². The van der Waals surface area contributed by atoms with Crippen molar-refractivity contribution in [3.63, 3.8) is 0 Å². The van der Waals surface area contributed by atoms with Crippen LogP contribution in [-0.4, -0.2) is 0 Å². The molecule has 0 saturated heterocycles. The lowest BCUT2D eigenvalue weighted by Crippen LogP contribution is -1.82. The molecule has 24 aromatic rings. The minimum atomic E-state index is 0.946. The molecule has 0 atom stereocenters. The summed E-state index contributed by atoms with van der Waals surface area (Å²) in [5.74, 6) is 0. The summed E-state index contributed by atoms with van der Waals surface area (Å²) >= 11 is 1.87. The van der Waals surface area contributed by atoms with Crippen LogP contribution in [0, 0.1) is 41.5 Å². The normalized spacial score (nSPS) is 11.2. The van der Waals surface area contributed by atoms with Crippen LogP contribution in [0.1, 0.15) is 33.4 Å². The predicted molar refractivity (Wildman–Crippen MR) is 509 cm³/mol. The molecule has 6 heterocycles. The third kappa shape index (κ3) is 15.2. The summed E-state index contributed by atoms with van der Waals surface area (Å²) in [6, 6.07) is 140. The predicted octanol–water partition coefficient (Wildman–Crippen LogP) is 33.8. The highest BCUT2D eigenvalue weighted by atomic mass is 32.1. The summed E-state index contributed by atoms with van der Waals surface area (Å²) in [5, 5.41) is 14.5. The van der Waals surface area contributed by atoms with Crippen LogP contribution in [0.4, 0.5) is 0 Å². The molecular weight excluding hydrogens is 1480 g/mol. The Morgan fingerprint density at radius 3 is 0.983 bits per heavy atom. The van der Waals surface area contributed by atoms with Crippen molar-refractivity contribution in [1.29, 1.82) is 0 Å². The van der Waals surface area contributed by atoms with Crippen molar-refractivity contribution in [1.82, 2.24) is 0 Å². The summed E-state index contributed by atoms with van der Waals surface area (Å²) in [7, 11) is 0. The lowest BCUT2D eigenvalue weighted by molar-refractivity contribution is 0.668. The highest BCUT2D eigenvalue weighted by Crippen LogP contribution is 2.43. The fourth-order valence-electron chi connectivity index (χ4n) is 16.5. The summed E-state index contributed by atoms with van der Waals surface area (Å²) in [4.78, 5) is 0. The molecule has 0 N–H and O–H groups in total. The molecule has 0 amide bonds. The van der Waals surface area contributed by atoms with Gasteiger partial charge in [0.2, 0.25) is 0 Å². The van der Waals surface area contributed by atoms with E-state index in [2.05, 4.69) is 381 Å². The largest absolute Gasteiger partial charge is 0.456 e. The van der Waals surface area contributed by atoms with E-state index >= 15 is 0 Å². The molecule has 5 nitrogen and oxygen atoms in total. The van der Waals surface area contributed by atoms with Gasteiger partial charge in [0.15, 0.2) is 0 Å². The number of hydrogen-bond donors (Lipinski definition) is 0. The molecule has 0 saturated carbocycles. The van der Waals surface area contributed by atoms with Crippen LogP contribution in [0.15, 0.2) is 422 Å². The maximum absolute atomic E-state index is 6.09. The van der Waals surface area contributed by atoms with Crippen molar-refractivity contribution in [3.05, 3.63) is 434 Å². The maximum Gasteiger partial charge on any atom is 0.143 e. The highest BCUT2D eigenvalue weighted by molar-refractivity contribution is 7.25. The zero-order chi connectivity index (χ0) is 81.2. The van der Waals surface area contributed by atoms with Gasteiger partial charge in [-0.25, -0.2) is 0 Å². The Morgan fingerprint density at radius 2 is 0.467 bits per heavy atom. The number of aryl methyl sites for hydroxylation is 6. The van der Waals surface area contributed by atoms with Crippen LogP contribution in [0.2, 0.25) is 0 Å². The Bertz CT molecular complexity index is 7840. The van der Waals surface area contributed by atoms with Gasteiger partial charge in [0.05, 0.1) is 0 Å². The summed E-state index contributed by atoms with van der Waals surface area (Å²) in [6.45, 7) is 12.7. The monoisotopic (exact) mass is 1560 g/mol. The fraction of sp³-hybridized carbons (Fsp3) is 0.0526. The van der Waals surface area contributed by atoms with Gasteiger partial charge in [-0.2, -0.15) is 0 Å². The van der Waals surface area contributed by atoms with E-state index in [1.54, 1.807) is 0 Å². The summed E-state index contributed by atoms with van der Waals surface area (Å²) in [6.07, 6.45) is 0. The lowest BCUT2D eigenvalue weighted by atomic mass is 9.98. The van der Waals surface area contributed by atoms with E-state index in [9.17, 15) is 0 Å². The summed E-state index contributed by atoms with van der Waals surface area (Å²) in [5.41, 5.74) is 31.9. The zero-order valence-electron chi connectivity index (χ0n) is 67.6. The molecule has 24 rings (SSSR count). The van der Waals surface area contributed by atoms with Gasteiger partial charge in [-0.3, -0.25) is 0 Å². The van der Waals surface area contributed by atoms with Gasteiger partial charge in [-0.1, -0.05) is 350 Å². The molecule has 576 valence electrons. The molecule has 18 aromatic carbocycles. The van der Waals surface area contributed by atoms with Crippen LogP contribution >= 0.6 is 11.3 Å².